The Hall–Kier alpha value is -4.06. The topological polar surface area (TPSA) is 83.6 Å². The lowest BCUT2D eigenvalue weighted by Crippen LogP contribution is -2.29. The van der Waals surface area contributed by atoms with Crippen LogP contribution in [-0.4, -0.2) is 23.6 Å². The second-order valence-corrected chi connectivity index (χ2v) is 9.06. The number of nitrogens with one attached hydrogen (secondary N) is 1. The van der Waals surface area contributed by atoms with Crippen molar-refractivity contribution in [2.24, 2.45) is 0 Å². The first-order chi connectivity index (χ1) is 16.3. The van der Waals surface area contributed by atoms with Gasteiger partial charge in [0.2, 0.25) is 0 Å². The molecule has 3 aromatic carbocycles. The smallest absolute Gasteiger partial charge is 0.266 e. The molecule has 2 heterocycles. The van der Waals surface area contributed by atoms with E-state index in [1.54, 1.807) is 36.4 Å². The molecule has 5 rings (SSSR count). The van der Waals surface area contributed by atoms with Crippen molar-refractivity contribution in [1.82, 2.24) is 5.32 Å². The van der Waals surface area contributed by atoms with E-state index in [0.717, 1.165) is 12.8 Å². The van der Waals surface area contributed by atoms with Gasteiger partial charge in [0, 0.05) is 0 Å². The van der Waals surface area contributed by atoms with E-state index in [4.69, 9.17) is 0 Å². The van der Waals surface area contributed by atoms with Crippen LogP contribution in [0, 0.1) is 0 Å². The van der Waals surface area contributed by atoms with Crippen molar-refractivity contribution in [3.63, 3.8) is 0 Å². The predicted molar refractivity (Wildman–Crippen MR) is 129 cm³/mol. The van der Waals surface area contributed by atoms with E-state index < -0.39 is 11.8 Å². The maximum atomic E-state index is 13.3. The molecule has 2 aliphatic rings. The number of carbonyl (C=O) groups is 4. The maximum absolute atomic E-state index is 13.3. The molecule has 0 bridgehead atoms. The molecule has 0 atom stereocenters. The molecular formula is C28H24N2O4. The minimum Gasteiger partial charge on any atom is -0.288 e. The van der Waals surface area contributed by atoms with Gasteiger partial charge < -0.3 is 0 Å². The summed E-state index contributed by atoms with van der Waals surface area (Å²) in [4.78, 5) is 51.4. The van der Waals surface area contributed by atoms with Crippen molar-refractivity contribution < 1.29 is 19.2 Å². The Kier molecular flexibility index (Phi) is 4.97. The van der Waals surface area contributed by atoms with Crippen LogP contribution in [-0.2, 0) is 5.41 Å². The Morgan fingerprint density at radius 1 is 0.676 bits per heavy atom. The van der Waals surface area contributed by atoms with Crippen molar-refractivity contribution >= 4 is 29.3 Å². The highest BCUT2D eigenvalue weighted by Crippen LogP contribution is 2.35. The molecule has 6 nitrogen and oxygen atoms in total. The van der Waals surface area contributed by atoms with Crippen molar-refractivity contribution in [3.05, 3.63) is 88.5 Å². The molecule has 3 aromatic rings. The van der Waals surface area contributed by atoms with Crippen LogP contribution < -0.4 is 10.2 Å². The first-order valence-electron chi connectivity index (χ1n) is 11.4. The van der Waals surface area contributed by atoms with E-state index in [-0.39, 0.29) is 17.2 Å². The number of hydrogen-bond acceptors (Lipinski definition) is 4. The van der Waals surface area contributed by atoms with Gasteiger partial charge in [-0.05, 0) is 71.3 Å². The van der Waals surface area contributed by atoms with E-state index in [2.05, 4.69) is 26.1 Å². The molecule has 0 fully saturated rings. The first-order valence-corrected chi connectivity index (χ1v) is 11.4. The number of anilines is 1. The number of amides is 4. The zero-order valence-corrected chi connectivity index (χ0v) is 19.3. The fraction of sp³-hybridized carbons (Fsp3) is 0.214. The number of fused-ring (bicyclic) bond motifs is 2. The fourth-order valence-corrected chi connectivity index (χ4v) is 4.67. The van der Waals surface area contributed by atoms with Gasteiger partial charge in [-0.15, -0.1) is 0 Å². The molecule has 1 N–H and O–H groups in total. The van der Waals surface area contributed by atoms with Gasteiger partial charge in [0.1, 0.15) is 0 Å². The molecule has 0 unspecified atom stereocenters. The Labute approximate surface area is 197 Å². The summed E-state index contributed by atoms with van der Waals surface area (Å²) in [5.74, 6) is -1.59. The number of imide groups is 2. The summed E-state index contributed by atoms with van der Waals surface area (Å²) >= 11 is 0. The highest BCUT2D eigenvalue weighted by atomic mass is 16.2. The average molecular weight is 453 g/mol. The quantitative estimate of drug-likeness (QED) is 0.545. The lowest BCUT2D eigenvalue weighted by molar-refractivity contribution is 0.0874. The zero-order chi connectivity index (χ0) is 24.2. The van der Waals surface area contributed by atoms with Gasteiger partial charge in [-0.3, -0.25) is 24.5 Å². The van der Waals surface area contributed by atoms with Crippen molar-refractivity contribution in [1.29, 1.82) is 0 Å². The highest BCUT2D eigenvalue weighted by Gasteiger charge is 2.37. The molecule has 4 amide bonds. The molecule has 2 aliphatic heterocycles. The summed E-state index contributed by atoms with van der Waals surface area (Å²) in [5.41, 5.74) is 4.45. The summed E-state index contributed by atoms with van der Waals surface area (Å²) in [7, 11) is 0. The van der Waals surface area contributed by atoms with Gasteiger partial charge in [0.15, 0.2) is 0 Å². The average Bonchev–Trinajstić information content (AvgIpc) is 3.29. The molecule has 6 heteroatoms. The van der Waals surface area contributed by atoms with E-state index in [0.29, 0.717) is 39.1 Å². The monoisotopic (exact) mass is 452 g/mol. The fourth-order valence-electron chi connectivity index (χ4n) is 4.67. The van der Waals surface area contributed by atoms with E-state index in [1.807, 2.05) is 24.3 Å². The number of carbonyl (C=O) groups excluding carboxylic acids is 4. The van der Waals surface area contributed by atoms with Crippen LogP contribution in [0.1, 0.15) is 80.6 Å². The van der Waals surface area contributed by atoms with Crippen molar-refractivity contribution in [2.45, 2.75) is 39.0 Å². The molecule has 0 saturated carbocycles. The normalized spacial score (nSPS) is 15.0. The minimum atomic E-state index is -0.439. The third-order valence-electron chi connectivity index (χ3n) is 7.34. The molecular weight excluding hydrogens is 428 g/mol. The molecule has 0 saturated heterocycles. The van der Waals surface area contributed by atoms with Crippen LogP contribution in [0.4, 0.5) is 5.69 Å². The molecule has 0 aromatic heterocycles. The Morgan fingerprint density at radius 2 is 1.21 bits per heavy atom. The molecule has 0 radical (unpaired) electrons. The van der Waals surface area contributed by atoms with Crippen LogP contribution in [0.3, 0.4) is 0 Å². The first kappa shape index (κ1) is 21.8. The second-order valence-electron chi connectivity index (χ2n) is 9.06. The largest absolute Gasteiger partial charge is 0.288 e. The van der Waals surface area contributed by atoms with Gasteiger partial charge >= 0.3 is 0 Å². The van der Waals surface area contributed by atoms with Crippen LogP contribution >= 0.6 is 0 Å². The lowest BCUT2D eigenvalue weighted by atomic mass is 9.78. The van der Waals surface area contributed by atoms with Crippen molar-refractivity contribution in [2.75, 3.05) is 4.90 Å². The SMILES string of the molecule is CCC(C)(CC)c1ccc(N2C(=O)c3ccc(-c4ccc5c(c4)C(=O)NC5=O)cc3C2=O)cc1. The van der Waals surface area contributed by atoms with Gasteiger partial charge in [-0.2, -0.15) is 0 Å². The molecule has 170 valence electrons. The van der Waals surface area contributed by atoms with Gasteiger partial charge in [0.25, 0.3) is 23.6 Å². The van der Waals surface area contributed by atoms with E-state index in [1.165, 1.54) is 10.5 Å². The molecule has 34 heavy (non-hydrogen) atoms. The van der Waals surface area contributed by atoms with Crippen LogP contribution in [0.2, 0.25) is 0 Å². The Morgan fingerprint density at radius 3 is 1.82 bits per heavy atom. The minimum absolute atomic E-state index is 0.0484. The van der Waals surface area contributed by atoms with Crippen molar-refractivity contribution in [3.8, 4) is 11.1 Å². The summed E-state index contributed by atoms with van der Waals surface area (Å²) in [6, 6.07) is 17.7. The van der Waals surface area contributed by atoms with E-state index in [9.17, 15) is 19.2 Å². The summed E-state index contributed by atoms with van der Waals surface area (Å²) < 4.78 is 0. The Bertz CT molecular complexity index is 1380. The number of benzene rings is 3. The standard InChI is InChI=1S/C28H24N2O4/c1-4-28(3,5-2)18-8-10-19(11-9-18)30-26(33)21-13-7-17(15-23(21)27(30)34)16-6-12-20-22(14-16)25(32)29-24(20)31/h6-15H,4-5H2,1-3H3,(H,29,31,32). The number of hydrogen-bond donors (Lipinski definition) is 1. The molecule has 0 aliphatic carbocycles. The third kappa shape index (κ3) is 3.17. The second kappa shape index (κ2) is 7.76. The summed E-state index contributed by atoms with van der Waals surface area (Å²) in [6.07, 6.45) is 1.99. The van der Waals surface area contributed by atoms with Gasteiger partial charge in [0.05, 0.1) is 27.9 Å². The summed E-state index contributed by atoms with van der Waals surface area (Å²) in [5, 5.41) is 2.28. The third-order valence-corrected chi connectivity index (χ3v) is 7.34. The molecule has 0 spiro atoms. The van der Waals surface area contributed by atoms with Crippen LogP contribution in [0.25, 0.3) is 11.1 Å². The van der Waals surface area contributed by atoms with E-state index >= 15 is 0 Å². The predicted octanol–water partition coefficient (Wildman–Crippen LogP) is 5.12. The van der Waals surface area contributed by atoms with Gasteiger partial charge in [-0.1, -0.05) is 45.0 Å². The zero-order valence-electron chi connectivity index (χ0n) is 19.3. The summed E-state index contributed by atoms with van der Waals surface area (Å²) in [6.45, 7) is 6.53. The van der Waals surface area contributed by atoms with Crippen LogP contribution in [0.15, 0.2) is 60.7 Å². The van der Waals surface area contributed by atoms with Gasteiger partial charge in [-0.25, -0.2) is 4.90 Å². The lowest BCUT2D eigenvalue weighted by Gasteiger charge is -2.28. The maximum Gasteiger partial charge on any atom is 0.266 e. The highest BCUT2D eigenvalue weighted by molar-refractivity contribution is 6.34. The van der Waals surface area contributed by atoms with Crippen LogP contribution in [0.5, 0.6) is 0 Å². The number of rotatable bonds is 5. The Balaban J connectivity index is 1.48. The number of nitrogens with zero attached hydrogens (tertiary/aromatic N) is 1.